The maximum Gasteiger partial charge on any atom is 0.323 e. The number of aliphatic carboxylic acids is 1. The fourth-order valence-corrected chi connectivity index (χ4v) is 3.37. The summed E-state index contributed by atoms with van der Waals surface area (Å²) in [5, 5.41) is 12.3. The molecular formula is C25H21N3O3. The molecule has 6 heteroatoms. The molecule has 0 saturated carbocycles. The van der Waals surface area contributed by atoms with Crippen LogP contribution in [0.1, 0.15) is 5.56 Å². The Hall–Kier alpha value is -4.19. The third kappa shape index (κ3) is 4.70. The molecule has 0 bridgehead atoms. The van der Waals surface area contributed by atoms with Gasteiger partial charge in [0.2, 0.25) is 0 Å². The van der Waals surface area contributed by atoms with E-state index in [-0.39, 0.29) is 5.82 Å². The van der Waals surface area contributed by atoms with Gasteiger partial charge in [0.15, 0.2) is 5.82 Å². The van der Waals surface area contributed by atoms with Crippen LogP contribution in [-0.2, 0) is 17.9 Å². The van der Waals surface area contributed by atoms with E-state index < -0.39 is 18.1 Å². The largest absolute Gasteiger partial charge is 0.480 e. The molecule has 1 heterocycles. The van der Waals surface area contributed by atoms with Gasteiger partial charge in [0.25, 0.3) is 5.56 Å². The van der Waals surface area contributed by atoms with E-state index in [9.17, 15) is 14.7 Å². The van der Waals surface area contributed by atoms with E-state index in [1.165, 1.54) is 10.8 Å². The molecule has 1 aromatic heterocycles. The topological polar surface area (TPSA) is 84.2 Å². The fourth-order valence-electron chi connectivity index (χ4n) is 3.37. The van der Waals surface area contributed by atoms with Crippen LogP contribution in [-0.4, -0.2) is 20.6 Å². The van der Waals surface area contributed by atoms with Crippen molar-refractivity contribution in [3.05, 3.63) is 107 Å². The van der Waals surface area contributed by atoms with E-state index in [4.69, 9.17) is 0 Å². The lowest BCUT2D eigenvalue weighted by Gasteiger charge is -2.13. The third-order valence-corrected chi connectivity index (χ3v) is 4.94. The average molecular weight is 411 g/mol. The maximum absolute atomic E-state index is 12.9. The van der Waals surface area contributed by atoms with E-state index >= 15 is 0 Å². The number of rotatable bonds is 7. The Morgan fingerprint density at radius 3 is 2.03 bits per heavy atom. The van der Waals surface area contributed by atoms with Crippen molar-refractivity contribution in [3.8, 4) is 22.4 Å². The smallest absolute Gasteiger partial charge is 0.323 e. The molecule has 2 N–H and O–H groups in total. The second-order valence-electron chi connectivity index (χ2n) is 7.06. The number of nitrogens with one attached hydrogen (secondary N) is 1. The van der Waals surface area contributed by atoms with E-state index in [2.05, 4.69) is 22.4 Å². The van der Waals surface area contributed by atoms with Crippen molar-refractivity contribution in [1.29, 1.82) is 0 Å². The summed E-state index contributed by atoms with van der Waals surface area (Å²) in [7, 11) is 0. The normalized spacial score (nSPS) is 10.6. The molecule has 6 nitrogen and oxygen atoms in total. The van der Waals surface area contributed by atoms with Crippen LogP contribution in [0.4, 0.5) is 5.82 Å². The quantitative estimate of drug-likeness (QED) is 0.474. The number of carboxylic acid groups (broad SMARTS) is 1. The summed E-state index contributed by atoms with van der Waals surface area (Å²) >= 11 is 0. The molecule has 0 fully saturated rings. The van der Waals surface area contributed by atoms with Crippen LogP contribution in [0, 0.1) is 0 Å². The predicted molar refractivity (Wildman–Crippen MR) is 121 cm³/mol. The maximum atomic E-state index is 12.9. The van der Waals surface area contributed by atoms with Crippen LogP contribution in [0.2, 0.25) is 0 Å². The van der Waals surface area contributed by atoms with Crippen molar-refractivity contribution < 1.29 is 9.90 Å². The van der Waals surface area contributed by atoms with Crippen LogP contribution in [0.25, 0.3) is 22.4 Å². The molecular weight excluding hydrogens is 390 g/mol. The lowest BCUT2D eigenvalue weighted by atomic mass is 10.0. The average Bonchev–Trinajstić information content (AvgIpc) is 2.81. The number of nitrogens with zero attached hydrogens (tertiary/aromatic N) is 2. The summed E-state index contributed by atoms with van der Waals surface area (Å²) in [6.07, 6.45) is 1.53. The molecule has 0 aliphatic heterocycles. The lowest BCUT2D eigenvalue weighted by molar-refractivity contribution is -0.137. The van der Waals surface area contributed by atoms with Crippen molar-refractivity contribution in [2.75, 3.05) is 5.32 Å². The monoisotopic (exact) mass is 411 g/mol. The van der Waals surface area contributed by atoms with Crippen LogP contribution < -0.4 is 10.9 Å². The van der Waals surface area contributed by atoms with Crippen LogP contribution >= 0.6 is 0 Å². The molecule has 3 aromatic carbocycles. The molecule has 0 aliphatic rings. The number of carboxylic acids is 1. The Labute approximate surface area is 179 Å². The van der Waals surface area contributed by atoms with E-state index in [0.29, 0.717) is 12.2 Å². The minimum Gasteiger partial charge on any atom is -0.480 e. The van der Waals surface area contributed by atoms with Gasteiger partial charge in [0.1, 0.15) is 6.54 Å². The number of hydrogen-bond acceptors (Lipinski definition) is 4. The van der Waals surface area contributed by atoms with Crippen molar-refractivity contribution in [2.45, 2.75) is 13.1 Å². The van der Waals surface area contributed by atoms with E-state index in [1.54, 1.807) is 0 Å². The molecule has 154 valence electrons. The molecule has 0 spiro atoms. The summed E-state index contributed by atoms with van der Waals surface area (Å²) in [6.45, 7) is -0.0406. The molecule has 31 heavy (non-hydrogen) atoms. The van der Waals surface area contributed by atoms with Gasteiger partial charge in [-0.25, -0.2) is 4.98 Å². The Kier molecular flexibility index (Phi) is 5.89. The Balaban J connectivity index is 1.56. The number of hydrogen-bond donors (Lipinski definition) is 2. The van der Waals surface area contributed by atoms with E-state index in [1.807, 2.05) is 72.8 Å². The minimum atomic E-state index is -1.09. The van der Waals surface area contributed by atoms with Gasteiger partial charge in [0.05, 0.1) is 11.9 Å². The Morgan fingerprint density at radius 2 is 1.42 bits per heavy atom. The summed E-state index contributed by atoms with van der Waals surface area (Å²) < 4.78 is 1.23. The SMILES string of the molecule is O=C(O)Cn1c(-c2ccccc2)cnc(NCc2ccc(-c3ccccc3)cc2)c1=O. The van der Waals surface area contributed by atoms with Crippen molar-refractivity contribution in [1.82, 2.24) is 9.55 Å². The molecule has 4 aromatic rings. The first kappa shape index (κ1) is 20.1. The summed E-state index contributed by atoms with van der Waals surface area (Å²) in [6, 6.07) is 27.3. The summed E-state index contributed by atoms with van der Waals surface area (Å²) in [5.74, 6) is -0.971. The number of benzene rings is 3. The van der Waals surface area contributed by atoms with Crippen LogP contribution in [0.15, 0.2) is 95.9 Å². The molecule has 0 aliphatic carbocycles. The van der Waals surface area contributed by atoms with Gasteiger partial charge in [-0.15, -0.1) is 0 Å². The highest BCUT2D eigenvalue weighted by Gasteiger charge is 2.14. The molecule has 0 saturated heterocycles. The van der Waals surface area contributed by atoms with E-state index in [0.717, 1.165) is 22.3 Å². The zero-order chi connectivity index (χ0) is 21.6. The van der Waals surface area contributed by atoms with Crippen LogP contribution in [0.3, 0.4) is 0 Å². The Morgan fingerprint density at radius 1 is 0.839 bits per heavy atom. The standard InChI is InChI=1S/C25H21N3O3/c29-23(30)17-28-22(21-9-5-2-6-10-21)16-27-24(25(28)31)26-15-18-11-13-20(14-12-18)19-7-3-1-4-8-19/h1-14,16H,15,17H2,(H,26,27)(H,29,30). The molecule has 0 radical (unpaired) electrons. The first-order valence-corrected chi connectivity index (χ1v) is 9.87. The highest BCUT2D eigenvalue weighted by atomic mass is 16.4. The summed E-state index contributed by atoms with van der Waals surface area (Å²) in [4.78, 5) is 28.5. The number of aromatic nitrogens is 2. The number of carbonyl (C=O) groups is 1. The highest BCUT2D eigenvalue weighted by molar-refractivity contribution is 5.69. The first-order valence-electron chi connectivity index (χ1n) is 9.87. The third-order valence-electron chi connectivity index (χ3n) is 4.94. The number of anilines is 1. The van der Waals surface area contributed by atoms with Gasteiger partial charge in [-0.05, 0) is 22.3 Å². The highest BCUT2D eigenvalue weighted by Crippen LogP contribution is 2.20. The fraction of sp³-hybridized carbons (Fsp3) is 0.0800. The zero-order valence-electron chi connectivity index (χ0n) is 16.7. The van der Waals surface area contributed by atoms with Gasteiger partial charge in [-0.2, -0.15) is 0 Å². The Bertz CT molecular complexity index is 1230. The molecule has 0 atom stereocenters. The molecule has 0 unspecified atom stereocenters. The second-order valence-corrected chi connectivity index (χ2v) is 7.06. The molecule has 4 rings (SSSR count). The molecule has 0 amide bonds. The lowest BCUT2D eigenvalue weighted by Crippen LogP contribution is -2.29. The van der Waals surface area contributed by atoms with Gasteiger partial charge < -0.3 is 10.4 Å². The van der Waals surface area contributed by atoms with Gasteiger partial charge >= 0.3 is 5.97 Å². The van der Waals surface area contributed by atoms with Gasteiger partial charge in [-0.3, -0.25) is 14.2 Å². The van der Waals surface area contributed by atoms with Crippen LogP contribution in [0.5, 0.6) is 0 Å². The van der Waals surface area contributed by atoms with Crippen molar-refractivity contribution >= 4 is 11.8 Å². The van der Waals surface area contributed by atoms with Gasteiger partial charge in [-0.1, -0.05) is 84.9 Å². The first-order chi connectivity index (χ1) is 15.1. The van der Waals surface area contributed by atoms with Gasteiger partial charge in [0, 0.05) is 6.54 Å². The van der Waals surface area contributed by atoms with Crippen molar-refractivity contribution in [3.63, 3.8) is 0 Å². The predicted octanol–water partition coefficient (Wildman–Crippen LogP) is 4.27. The zero-order valence-corrected chi connectivity index (χ0v) is 16.7. The second kappa shape index (κ2) is 9.09. The minimum absolute atomic E-state index is 0.119. The van der Waals surface area contributed by atoms with Crippen molar-refractivity contribution in [2.24, 2.45) is 0 Å². The summed E-state index contributed by atoms with van der Waals surface area (Å²) in [5.41, 5.74) is 3.96.